The quantitative estimate of drug-likeness (QED) is 0.261. The van der Waals surface area contributed by atoms with Crippen molar-refractivity contribution in [2.75, 3.05) is 75.2 Å². The number of carbonyl (C=O) groups is 1. The van der Waals surface area contributed by atoms with E-state index in [9.17, 15) is 4.79 Å². The second-order valence-electron chi connectivity index (χ2n) is 16.7. The summed E-state index contributed by atoms with van der Waals surface area (Å²) in [6, 6.07) is 18.3. The molecule has 0 spiro atoms. The number of allylic oxidation sites excluding steroid dienone is 1. The highest BCUT2D eigenvalue weighted by atomic mass is 16.1. The lowest BCUT2D eigenvalue weighted by Crippen LogP contribution is -2.47. The standard InChI is InChI=1S/C44H65N5O/c1-34-6-3-8-40(32-34)48-28-24-46(25-29-48)22-20-36-12-16-38(17-13-36)42-10-5-11-43(42)44(50)45-39-18-14-37(15-19-39)21-23-47-26-30-49(31-27-47)41-9-4-7-35(2)33-41/h3-4,6-9,32-33,36-39H,5,10-31H2,1-2H3,(H,45,50). The Morgan fingerprint density at radius 2 is 1.14 bits per heavy atom. The first kappa shape index (κ1) is 35.6. The third kappa shape index (κ3) is 9.33. The van der Waals surface area contributed by atoms with Gasteiger partial charge in [0.25, 0.3) is 0 Å². The molecule has 2 saturated heterocycles. The van der Waals surface area contributed by atoms with Gasteiger partial charge in [0.1, 0.15) is 0 Å². The molecule has 6 nitrogen and oxygen atoms in total. The molecule has 2 saturated carbocycles. The molecule has 50 heavy (non-hydrogen) atoms. The van der Waals surface area contributed by atoms with Gasteiger partial charge in [-0.25, -0.2) is 0 Å². The molecule has 0 aromatic heterocycles. The zero-order chi connectivity index (χ0) is 34.3. The molecule has 0 unspecified atom stereocenters. The highest BCUT2D eigenvalue weighted by Gasteiger charge is 2.32. The number of hydrogen-bond donors (Lipinski definition) is 1. The van der Waals surface area contributed by atoms with Crippen LogP contribution in [-0.2, 0) is 4.79 Å². The Kier molecular flexibility index (Phi) is 12.2. The van der Waals surface area contributed by atoms with Gasteiger partial charge in [0.05, 0.1) is 0 Å². The lowest BCUT2D eigenvalue weighted by Gasteiger charge is -2.37. The van der Waals surface area contributed by atoms with Gasteiger partial charge in [0.2, 0.25) is 5.91 Å². The van der Waals surface area contributed by atoms with Crippen molar-refractivity contribution in [2.24, 2.45) is 17.8 Å². The summed E-state index contributed by atoms with van der Waals surface area (Å²) < 4.78 is 0. The summed E-state index contributed by atoms with van der Waals surface area (Å²) in [7, 11) is 0. The molecule has 7 rings (SSSR count). The summed E-state index contributed by atoms with van der Waals surface area (Å²) in [4.78, 5) is 24.1. The molecule has 2 heterocycles. The lowest BCUT2D eigenvalue weighted by molar-refractivity contribution is -0.118. The third-order valence-corrected chi connectivity index (χ3v) is 13.2. The molecule has 2 aliphatic heterocycles. The fourth-order valence-corrected chi connectivity index (χ4v) is 9.98. The Morgan fingerprint density at radius 3 is 1.64 bits per heavy atom. The fourth-order valence-electron chi connectivity index (χ4n) is 9.98. The van der Waals surface area contributed by atoms with Crippen LogP contribution in [0.25, 0.3) is 0 Å². The van der Waals surface area contributed by atoms with E-state index in [1.807, 2.05) is 0 Å². The highest BCUT2D eigenvalue weighted by Crippen LogP contribution is 2.41. The normalized spacial score (nSPS) is 27.2. The van der Waals surface area contributed by atoms with E-state index in [4.69, 9.17) is 0 Å². The predicted molar refractivity (Wildman–Crippen MR) is 209 cm³/mol. The van der Waals surface area contributed by atoms with Gasteiger partial charge < -0.3 is 15.1 Å². The van der Waals surface area contributed by atoms with Crippen LogP contribution >= 0.6 is 0 Å². The van der Waals surface area contributed by atoms with Crippen LogP contribution in [0.5, 0.6) is 0 Å². The van der Waals surface area contributed by atoms with Crippen LogP contribution in [-0.4, -0.2) is 87.2 Å². The zero-order valence-electron chi connectivity index (χ0n) is 31.4. The largest absolute Gasteiger partial charge is 0.369 e. The van der Waals surface area contributed by atoms with E-state index in [2.05, 4.69) is 87.3 Å². The van der Waals surface area contributed by atoms with E-state index in [1.54, 1.807) is 5.57 Å². The number of carbonyl (C=O) groups excluding carboxylic acids is 1. The molecule has 2 aromatic rings. The number of aryl methyl sites for hydroxylation is 2. The van der Waals surface area contributed by atoms with Crippen LogP contribution < -0.4 is 15.1 Å². The first-order valence-electron chi connectivity index (χ1n) is 20.6. The van der Waals surface area contributed by atoms with E-state index < -0.39 is 0 Å². The van der Waals surface area contributed by atoms with Gasteiger partial charge in [-0.15, -0.1) is 0 Å². The molecule has 0 bridgehead atoms. The molecule has 1 amide bonds. The predicted octanol–water partition coefficient (Wildman–Crippen LogP) is 7.99. The van der Waals surface area contributed by atoms with Gasteiger partial charge in [-0.05, 0) is 164 Å². The van der Waals surface area contributed by atoms with Gasteiger partial charge in [-0.3, -0.25) is 14.6 Å². The monoisotopic (exact) mass is 680 g/mol. The molecular weight excluding hydrogens is 615 g/mol. The fraction of sp³-hybridized carbons (Fsp3) is 0.659. The van der Waals surface area contributed by atoms with Gasteiger partial charge in [0.15, 0.2) is 0 Å². The van der Waals surface area contributed by atoms with E-state index in [0.29, 0.717) is 17.9 Å². The Bertz CT molecular complexity index is 1420. The third-order valence-electron chi connectivity index (χ3n) is 13.2. The lowest BCUT2D eigenvalue weighted by atomic mass is 9.76. The Labute approximate surface area is 303 Å². The van der Waals surface area contributed by atoms with Crippen LogP contribution in [0.4, 0.5) is 11.4 Å². The van der Waals surface area contributed by atoms with Crippen LogP contribution in [0.15, 0.2) is 59.7 Å². The van der Waals surface area contributed by atoms with Crippen molar-refractivity contribution >= 4 is 17.3 Å². The minimum atomic E-state index is 0.291. The SMILES string of the molecule is Cc1cccc(N2CCN(CCC3CCC(NC(=O)C4=C(C5CCC(CCN6CCN(c7cccc(C)c7)CC6)CC5)CCC4)CC3)CC2)c1. The summed E-state index contributed by atoms with van der Waals surface area (Å²) in [5.41, 5.74) is 8.19. The summed E-state index contributed by atoms with van der Waals surface area (Å²) in [6.45, 7) is 16.1. The van der Waals surface area contributed by atoms with E-state index in [0.717, 1.165) is 63.7 Å². The van der Waals surface area contributed by atoms with Crippen molar-refractivity contribution in [3.63, 3.8) is 0 Å². The number of hydrogen-bond acceptors (Lipinski definition) is 5. The van der Waals surface area contributed by atoms with Gasteiger partial charge in [-0.2, -0.15) is 0 Å². The number of anilines is 2. The minimum absolute atomic E-state index is 0.291. The maximum Gasteiger partial charge on any atom is 0.247 e. The topological polar surface area (TPSA) is 42.1 Å². The van der Waals surface area contributed by atoms with Crippen molar-refractivity contribution < 1.29 is 4.79 Å². The molecule has 3 aliphatic carbocycles. The van der Waals surface area contributed by atoms with Gasteiger partial charge in [-0.1, -0.05) is 29.8 Å². The summed E-state index contributed by atoms with van der Waals surface area (Å²) in [5.74, 6) is 2.62. The Morgan fingerprint density at radius 1 is 0.640 bits per heavy atom. The van der Waals surface area contributed by atoms with Crippen molar-refractivity contribution in [1.29, 1.82) is 0 Å². The number of nitrogens with one attached hydrogen (secondary N) is 1. The molecule has 6 heteroatoms. The number of nitrogens with zero attached hydrogens (tertiary/aromatic N) is 4. The molecular formula is C44H65N5O. The second kappa shape index (κ2) is 17.1. The molecule has 2 aromatic carbocycles. The van der Waals surface area contributed by atoms with Gasteiger partial charge >= 0.3 is 0 Å². The van der Waals surface area contributed by atoms with E-state index in [-0.39, 0.29) is 0 Å². The minimum Gasteiger partial charge on any atom is -0.369 e. The van der Waals surface area contributed by atoms with Crippen LogP contribution in [0.3, 0.4) is 0 Å². The maximum atomic E-state index is 13.6. The first-order chi connectivity index (χ1) is 24.5. The molecule has 1 N–H and O–H groups in total. The van der Waals surface area contributed by atoms with E-state index >= 15 is 0 Å². The zero-order valence-corrected chi connectivity index (χ0v) is 31.4. The van der Waals surface area contributed by atoms with Crippen LogP contribution in [0.2, 0.25) is 0 Å². The Hall–Kier alpha value is -2.83. The highest BCUT2D eigenvalue weighted by molar-refractivity contribution is 5.95. The first-order valence-corrected chi connectivity index (χ1v) is 20.6. The summed E-state index contributed by atoms with van der Waals surface area (Å²) in [5, 5.41) is 3.54. The maximum absolute atomic E-state index is 13.6. The number of rotatable bonds is 11. The van der Waals surface area contributed by atoms with Crippen molar-refractivity contribution in [3.8, 4) is 0 Å². The number of piperazine rings is 2. The smallest absolute Gasteiger partial charge is 0.247 e. The van der Waals surface area contributed by atoms with Crippen molar-refractivity contribution in [1.82, 2.24) is 15.1 Å². The Balaban J connectivity index is 0.780. The molecule has 0 radical (unpaired) electrons. The molecule has 272 valence electrons. The van der Waals surface area contributed by atoms with Crippen molar-refractivity contribution in [2.45, 2.75) is 103 Å². The van der Waals surface area contributed by atoms with Crippen molar-refractivity contribution in [3.05, 3.63) is 70.8 Å². The average molecular weight is 680 g/mol. The molecule has 0 atom stereocenters. The number of benzene rings is 2. The van der Waals surface area contributed by atoms with Gasteiger partial charge in [0, 0.05) is 75.3 Å². The number of amides is 1. The summed E-state index contributed by atoms with van der Waals surface area (Å²) in [6.07, 6.45) is 16.1. The molecule has 4 fully saturated rings. The van der Waals surface area contributed by atoms with E-state index in [1.165, 1.54) is 125 Å². The summed E-state index contributed by atoms with van der Waals surface area (Å²) >= 11 is 0. The van der Waals surface area contributed by atoms with Crippen LogP contribution in [0.1, 0.15) is 94.6 Å². The van der Waals surface area contributed by atoms with Crippen LogP contribution in [0, 0.1) is 31.6 Å². The second-order valence-corrected chi connectivity index (χ2v) is 16.7. The average Bonchev–Trinajstić information content (AvgIpc) is 3.65. The molecule has 5 aliphatic rings.